The molecule has 0 aliphatic carbocycles. The molecule has 2 aromatic rings. The molecule has 9 heteroatoms. The third-order valence-corrected chi connectivity index (χ3v) is 6.40. The van der Waals surface area contributed by atoms with Crippen LogP contribution in [0.1, 0.15) is 18.9 Å². The first-order valence-electron chi connectivity index (χ1n) is 6.20. The summed E-state index contributed by atoms with van der Waals surface area (Å²) in [6.07, 6.45) is 1.04. The van der Waals surface area contributed by atoms with Crippen molar-refractivity contribution in [3.05, 3.63) is 34.3 Å². The molecule has 0 fully saturated rings. The number of benzene rings is 1. The van der Waals surface area contributed by atoms with Crippen LogP contribution in [0.4, 0.5) is 5.13 Å². The SMILES string of the molecule is CCCSc1nnc(NS(=O)(=O)Cc2ccc(Br)cc2)s1. The smallest absolute Gasteiger partial charge is 0.238 e. The predicted octanol–water partition coefficient (Wildman–Crippen LogP) is 3.74. The van der Waals surface area contributed by atoms with Crippen LogP contribution in [0, 0.1) is 0 Å². The van der Waals surface area contributed by atoms with Gasteiger partial charge in [0.15, 0.2) is 4.34 Å². The largest absolute Gasteiger partial charge is 0.257 e. The number of aromatic nitrogens is 2. The summed E-state index contributed by atoms with van der Waals surface area (Å²) in [4.78, 5) is 0. The second-order valence-electron chi connectivity index (χ2n) is 4.21. The zero-order chi connectivity index (χ0) is 15.3. The molecular formula is C12H14BrN3O2S3. The number of nitrogens with zero attached hydrogens (tertiary/aromatic N) is 2. The molecule has 1 aromatic heterocycles. The number of nitrogens with one attached hydrogen (secondary N) is 1. The Morgan fingerprint density at radius 1 is 1.29 bits per heavy atom. The van der Waals surface area contributed by atoms with Crippen molar-refractivity contribution < 1.29 is 8.42 Å². The van der Waals surface area contributed by atoms with Crippen molar-refractivity contribution in [3.8, 4) is 0 Å². The lowest BCUT2D eigenvalue weighted by Gasteiger charge is -2.04. The van der Waals surface area contributed by atoms with Crippen LogP contribution in [0.5, 0.6) is 0 Å². The second-order valence-corrected chi connectivity index (χ2v) is 9.17. The fraction of sp³-hybridized carbons (Fsp3) is 0.333. The standard InChI is InChI=1S/C12H14BrN3O2S3/c1-2-7-19-12-15-14-11(20-12)16-21(17,18)8-9-3-5-10(13)6-4-9/h3-6H,2,7-8H2,1H3,(H,14,16). The van der Waals surface area contributed by atoms with Gasteiger partial charge in [-0.3, -0.25) is 4.72 Å². The Balaban J connectivity index is 2.00. The van der Waals surface area contributed by atoms with Crippen LogP contribution in [0.25, 0.3) is 0 Å². The number of hydrogen-bond acceptors (Lipinski definition) is 6. The summed E-state index contributed by atoms with van der Waals surface area (Å²) in [6, 6.07) is 7.17. The van der Waals surface area contributed by atoms with Gasteiger partial charge in [0, 0.05) is 10.2 Å². The van der Waals surface area contributed by atoms with Crippen LogP contribution in [0.2, 0.25) is 0 Å². The van der Waals surface area contributed by atoms with E-state index >= 15 is 0 Å². The first-order chi connectivity index (χ1) is 9.98. The minimum absolute atomic E-state index is 0.0860. The highest BCUT2D eigenvalue weighted by Gasteiger charge is 2.15. The van der Waals surface area contributed by atoms with Gasteiger partial charge in [-0.1, -0.05) is 58.1 Å². The molecule has 0 unspecified atom stereocenters. The van der Waals surface area contributed by atoms with Gasteiger partial charge in [-0.15, -0.1) is 10.2 Å². The molecule has 0 saturated heterocycles. The predicted molar refractivity (Wildman–Crippen MR) is 91.3 cm³/mol. The molecule has 0 bridgehead atoms. The first kappa shape index (κ1) is 16.7. The molecule has 2 rings (SSSR count). The van der Waals surface area contributed by atoms with Gasteiger partial charge >= 0.3 is 0 Å². The molecule has 1 heterocycles. The molecule has 0 amide bonds. The lowest BCUT2D eigenvalue weighted by atomic mass is 10.2. The minimum Gasteiger partial charge on any atom is -0.257 e. The fourth-order valence-electron chi connectivity index (χ4n) is 1.47. The Labute approximate surface area is 140 Å². The summed E-state index contributed by atoms with van der Waals surface area (Å²) in [5.41, 5.74) is 0.718. The van der Waals surface area contributed by atoms with Gasteiger partial charge in [-0.25, -0.2) is 8.42 Å². The van der Waals surface area contributed by atoms with Gasteiger partial charge < -0.3 is 0 Å². The second kappa shape index (κ2) is 7.57. The van der Waals surface area contributed by atoms with Crippen LogP contribution in [0.3, 0.4) is 0 Å². The monoisotopic (exact) mass is 407 g/mol. The van der Waals surface area contributed by atoms with E-state index in [2.05, 4.69) is 37.8 Å². The van der Waals surface area contributed by atoms with Gasteiger partial charge in [0.05, 0.1) is 5.75 Å². The zero-order valence-electron chi connectivity index (χ0n) is 11.2. The van der Waals surface area contributed by atoms with Gasteiger partial charge in [0.1, 0.15) is 0 Å². The minimum atomic E-state index is -3.47. The maximum Gasteiger partial charge on any atom is 0.238 e. The summed E-state index contributed by atoms with van der Waals surface area (Å²) < 4.78 is 28.3. The van der Waals surface area contributed by atoms with Gasteiger partial charge in [0.25, 0.3) is 0 Å². The van der Waals surface area contributed by atoms with Crippen molar-refractivity contribution in [2.45, 2.75) is 23.4 Å². The van der Waals surface area contributed by atoms with E-state index in [9.17, 15) is 8.42 Å². The number of rotatable bonds is 7. The van der Waals surface area contributed by atoms with E-state index < -0.39 is 10.0 Å². The Morgan fingerprint density at radius 3 is 2.67 bits per heavy atom. The number of thioether (sulfide) groups is 1. The van der Waals surface area contributed by atoms with Crippen molar-refractivity contribution in [1.29, 1.82) is 0 Å². The van der Waals surface area contributed by atoms with E-state index in [4.69, 9.17) is 0 Å². The topological polar surface area (TPSA) is 72.0 Å². The molecule has 5 nitrogen and oxygen atoms in total. The maximum atomic E-state index is 12.1. The van der Waals surface area contributed by atoms with Crippen molar-refractivity contribution in [3.63, 3.8) is 0 Å². The molecule has 1 N–H and O–H groups in total. The highest BCUT2D eigenvalue weighted by Crippen LogP contribution is 2.26. The molecule has 0 aliphatic rings. The molecule has 114 valence electrons. The van der Waals surface area contributed by atoms with E-state index in [0.29, 0.717) is 5.13 Å². The summed E-state index contributed by atoms with van der Waals surface area (Å²) in [5.74, 6) is 0.859. The van der Waals surface area contributed by atoms with E-state index in [1.807, 2.05) is 12.1 Å². The number of sulfonamides is 1. The van der Waals surface area contributed by atoms with Crippen LogP contribution >= 0.6 is 39.0 Å². The van der Waals surface area contributed by atoms with Crippen LogP contribution in [0.15, 0.2) is 33.1 Å². The quantitative estimate of drug-likeness (QED) is 0.707. The molecule has 0 spiro atoms. The number of hydrogen-bond donors (Lipinski definition) is 1. The Morgan fingerprint density at radius 2 is 2.00 bits per heavy atom. The summed E-state index contributed by atoms with van der Waals surface area (Å²) in [7, 11) is -3.47. The highest BCUT2D eigenvalue weighted by atomic mass is 79.9. The van der Waals surface area contributed by atoms with Gasteiger partial charge in [-0.05, 0) is 24.1 Å². The summed E-state index contributed by atoms with van der Waals surface area (Å²) >= 11 is 6.15. The van der Waals surface area contributed by atoms with E-state index in [0.717, 1.165) is 26.5 Å². The van der Waals surface area contributed by atoms with Crippen molar-refractivity contribution in [2.24, 2.45) is 0 Å². The molecule has 0 atom stereocenters. The molecule has 0 aliphatic heterocycles. The van der Waals surface area contributed by atoms with Crippen molar-refractivity contribution in [2.75, 3.05) is 10.5 Å². The molecule has 21 heavy (non-hydrogen) atoms. The van der Waals surface area contributed by atoms with Gasteiger partial charge in [-0.2, -0.15) is 0 Å². The molecular weight excluding hydrogens is 394 g/mol. The third kappa shape index (κ3) is 5.57. The average molecular weight is 408 g/mol. The van der Waals surface area contributed by atoms with Crippen LogP contribution in [-0.2, 0) is 15.8 Å². The number of anilines is 1. The van der Waals surface area contributed by atoms with Crippen LogP contribution < -0.4 is 4.72 Å². The summed E-state index contributed by atoms with van der Waals surface area (Å²) in [5, 5.41) is 8.13. The normalized spacial score (nSPS) is 11.5. The van der Waals surface area contributed by atoms with Gasteiger partial charge in [0.2, 0.25) is 15.2 Å². The van der Waals surface area contributed by atoms with Crippen molar-refractivity contribution in [1.82, 2.24) is 10.2 Å². The molecule has 0 saturated carbocycles. The Kier molecular flexibility index (Phi) is 6.03. The molecule has 0 radical (unpaired) electrons. The van der Waals surface area contributed by atoms with Crippen LogP contribution in [-0.4, -0.2) is 24.4 Å². The van der Waals surface area contributed by atoms with Crippen molar-refractivity contribution >= 4 is 54.2 Å². The molecule has 1 aromatic carbocycles. The Bertz CT molecular complexity index is 686. The van der Waals surface area contributed by atoms with E-state index in [-0.39, 0.29) is 5.75 Å². The van der Waals surface area contributed by atoms with E-state index in [1.54, 1.807) is 23.9 Å². The zero-order valence-corrected chi connectivity index (χ0v) is 15.3. The average Bonchev–Trinajstić information content (AvgIpc) is 2.85. The lowest BCUT2D eigenvalue weighted by Crippen LogP contribution is -2.14. The summed E-state index contributed by atoms with van der Waals surface area (Å²) in [6.45, 7) is 2.08. The third-order valence-electron chi connectivity index (χ3n) is 2.35. The number of halogens is 1. The fourth-order valence-corrected chi connectivity index (χ4v) is 4.82. The maximum absolute atomic E-state index is 12.1. The highest BCUT2D eigenvalue weighted by molar-refractivity contribution is 9.10. The first-order valence-corrected chi connectivity index (χ1v) is 10.4. The van der Waals surface area contributed by atoms with E-state index in [1.165, 1.54) is 11.3 Å². The Hall–Kier alpha value is -0.640. The lowest BCUT2D eigenvalue weighted by molar-refractivity contribution is 0.600.